The highest BCUT2D eigenvalue weighted by Crippen LogP contribution is 2.24. The van der Waals surface area contributed by atoms with Crippen molar-refractivity contribution in [2.75, 3.05) is 19.6 Å². The van der Waals surface area contributed by atoms with Crippen LogP contribution in [0.3, 0.4) is 0 Å². The third-order valence-electron chi connectivity index (χ3n) is 3.54. The number of piperazine rings is 1. The number of nitrogens with zero attached hydrogens (tertiary/aromatic N) is 2. The average molecular weight is 283 g/mol. The second kappa shape index (κ2) is 5.89. The highest BCUT2D eigenvalue weighted by atomic mass is 16.4. The molecule has 8 nitrogen and oxygen atoms in total. The molecule has 0 atom stereocenters. The van der Waals surface area contributed by atoms with E-state index in [-0.39, 0.29) is 19.1 Å². The molecule has 0 aromatic carbocycles. The first-order valence-corrected chi connectivity index (χ1v) is 6.57. The van der Waals surface area contributed by atoms with Gasteiger partial charge in [-0.05, 0) is 12.8 Å². The molecule has 1 heterocycles. The molecule has 2 rings (SSSR count). The van der Waals surface area contributed by atoms with E-state index in [1.807, 2.05) is 0 Å². The largest absolute Gasteiger partial charge is 0.480 e. The molecule has 2 fully saturated rings. The maximum atomic E-state index is 12.4. The SMILES string of the molecule is O=C(O)CN(C(=O)N1CC(=O)NC(=O)C1)C1CCCC1. The van der Waals surface area contributed by atoms with Gasteiger partial charge in [0, 0.05) is 6.04 Å². The predicted molar refractivity (Wildman–Crippen MR) is 66.7 cm³/mol. The first-order chi connectivity index (χ1) is 9.47. The summed E-state index contributed by atoms with van der Waals surface area (Å²) in [7, 11) is 0. The first-order valence-electron chi connectivity index (χ1n) is 6.57. The number of imide groups is 1. The van der Waals surface area contributed by atoms with Crippen LogP contribution in [-0.4, -0.2) is 64.4 Å². The second-order valence-electron chi connectivity index (χ2n) is 5.07. The zero-order valence-electron chi connectivity index (χ0n) is 11.0. The number of hydrogen-bond acceptors (Lipinski definition) is 4. The number of amides is 4. The van der Waals surface area contributed by atoms with Crippen molar-refractivity contribution in [1.82, 2.24) is 15.1 Å². The minimum atomic E-state index is -1.10. The topological polar surface area (TPSA) is 107 Å². The number of carboxylic acids is 1. The van der Waals surface area contributed by atoms with E-state index in [2.05, 4.69) is 5.32 Å². The fourth-order valence-corrected chi connectivity index (χ4v) is 2.67. The van der Waals surface area contributed by atoms with E-state index < -0.39 is 30.4 Å². The number of nitrogens with one attached hydrogen (secondary N) is 1. The van der Waals surface area contributed by atoms with Crippen LogP contribution < -0.4 is 5.32 Å². The third-order valence-corrected chi connectivity index (χ3v) is 3.54. The Morgan fingerprint density at radius 3 is 2.25 bits per heavy atom. The Hall–Kier alpha value is -2.12. The highest BCUT2D eigenvalue weighted by molar-refractivity contribution is 6.02. The van der Waals surface area contributed by atoms with Gasteiger partial charge in [0.25, 0.3) is 0 Å². The zero-order valence-corrected chi connectivity index (χ0v) is 11.0. The van der Waals surface area contributed by atoms with E-state index in [9.17, 15) is 19.2 Å². The Kier molecular flexibility index (Phi) is 4.21. The Balaban J connectivity index is 2.10. The van der Waals surface area contributed by atoms with Crippen LogP contribution in [0.25, 0.3) is 0 Å². The summed E-state index contributed by atoms with van der Waals surface area (Å²) in [6.45, 7) is -0.837. The molecule has 1 saturated heterocycles. The molecular formula is C12H17N3O5. The normalized spacial score (nSPS) is 19.9. The molecule has 0 radical (unpaired) electrons. The lowest BCUT2D eigenvalue weighted by atomic mass is 10.2. The summed E-state index contributed by atoms with van der Waals surface area (Å²) >= 11 is 0. The molecule has 110 valence electrons. The van der Waals surface area contributed by atoms with Crippen molar-refractivity contribution in [1.29, 1.82) is 0 Å². The van der Waals surface area contributed by atoms with Gasteiger partial charge < -0.3 is 14.9 Å². The van der Waals surface area contributed by atoms with E-state index in [0.717, 1.165) is 30.6 Å². The van der Waals surface area contributed by atoms with Crippen LogP contribution in [0.5, 0.6) is 0 Å². The van der Waals surface area contributed by atoms with Gasteiger partial charge in [-0.25, -0.2) is 4.79 Å². The molecular weight excluding hydrogens is 266 g/mol. The van der Waals surface area contributed by atoms with Crippen molar-refractivity contribution in [3.8, 4) is 0 Å². The zero-order chi connectivity index (χ0) is 14.7. The van der Waals surface area contributed by atoms with Gasteiger partial charge in [0.15, 0.2) is 0 Å². The monoisotopic (exact) mass is 283 g/mol. The molecule has 0 spiro atoms. The summed E-state index contributed by atoms with van der Waals surface area (Å²) in [6, 6.07) is -0.679. The number of carbonyl (C=O) groups excluding carboxylic acids is 3. The van der Waals surface area contributed by atoms with Crippen molar-refractivity contribution in [2.45, 2.75) is 31.7 Å². The van der Waals surface area contributed by atoms with Crippen LogP contribution in [0.15, 0.2) is 0 Å². The molecule has 0 aromatic rings. The van der Waals surface area contributed by atoms with Crippen LogP contribution in [0.2, 0.25) is 0 Å². The first kappa shape index (κ1) is 14.3. The van der Waals surface area contributed by atoms with Crippen molar-refractivity contribution in [3.63, 3.8) is 0 Å². The van der Waals surface area contributed by atoms with Gasteiger partial charge >= 0.3 is 12.0 Å². The molecule has 20 heavy (non-hydrogen) atoms. The Labute approximate surface area is 115 Å². The van der Waals surface area contributed by atoms with Crippen LogP contribution in [0.1, 0.15) is 25.7 Å². The molecule has 1 aliphatic heterocycles. The highest BCUT2D eigenvalue weighted by Gasteiger charge is 2.34. The fourth-order valence-electron chi connectivity index (χ4n) is 2.67. The minimum absolute atomic E-state index is 0.126. The maximum absolute atomic E-state index is 12.4. The third kappa shape index (κ3) is 3.25. The molecule has 4 amide bonds. The molecule has 2 N–H and O–H groups in total. The summed E-state index contributed by atoms with van der Waals surface area (Å²) in [5.74, 6) is -2.19. The Bertz CT molecular complexity index is 428. The van der Waals surface area contributed by atoms with Gasteiger partial charge in [-0.1, -0.05) is 12.8 Å². The Morgan fingerprint density at radius 2 is 1.75 bits per heavy atom. The number of hydrogen-bond donors (Lipinski definition) is 2. The number of urea groups is 1. The predicted octanol–water partition coefficient (Wildman–Crippen LogP) is -0.606. The summed E-state index contributed by atoms with van der Waals surface area (Å²) in [5, 5.41) is 11.0. The van der Waals surface area contributed by atoms with Crippen molar-refractivity contribution >= 4 is 23.8 Å². The number of carbonyl (C=O) groups is 4. The van der Waals surface area contributed by atoms with Gasteiger partial charge in [-0.2, -0.15) is 0 Å². The lowest BCUT2D eigenvalue weighted by molar-refractivity contribution is -0.138. The lowest BCUT2D eigenvalue weighted by Gasteiger charge is -2.34. The smallest absolute Gasteiger partial charge is 0.323 e. The van der Waals surface area contributed by atoms with Crippen LogP contribution in [0.4, 0.5) is 4.79 Å². The van der Waals surface area contributed by atoms with Crippen molar-refractivity contribution < 1.29 is 24.3 Å². The standard InChI is InChI=1S/C12H17N3O5/c16-9-5-14(6-10(17)13-9)12(20)15(7-11(18)19)8-3-1-2-4-8/h8H,1-7H2,(H,18,19)(H,13,16,17). The van der Waals surface area contributed by atoms with E-state index in [0.29, 0.717) is 0 Å². The molecule has 1 aliphatic carbocycles. The summed E-state index contributed by atoms with van der Waals surface area (Å²) < 4.78 is 0. The molecule has 1 saturated carbocycles. The molecule has 0 aromatic heterocycles. The number of rotatable bonds is 3. The number of aliphatic carboxylic acids is 1. The van der Waals surface area contributed by atoms with Gasteiger partial charge in [-0.3, -0.25) is 19.7 Å². The maximum Gasteiger partial charge on any atom is 0.323 e. The van der Waals surface area contributed by atoms with Crippen molar-refractivity contribution in [2.24, 2.45) is 0 Å². The van der Waals surface area contributed by atoms with Gasteiger partial charge in [0.05, 0.1) is 0 Å². The van der Waals surface area contributed by atoms with Gasteiger partial charge in [0.2, 0.25) is 11.8 Å². The second-order valence-corrected chi connectivity index (χ2v) is 5.07. The summed E-state index contributed by atoms with van der Waals surface area (Å²) in [6.07, 6.45) is 3.42. The fraction of sp³-hybridized carbons (Fsp3) is 0.667. The number of carboxylic acid groups (broad SMARTS) is 1. The van der Waals surface area contributed by atoms with Crippen LogP contribution in [0, 0.1) is 0 Å². The van der Waals surface area contributed by atoms with E-state index in [4.69, 9.17) is 5.11 Å². The van der Waals surface area contributed by atoms with E-state index in [1.54, 1.807) is 0 Å². The lowest BCUT2D eigenvalue weighted by Crippen LogP contribution is -2.58. The van der Waals surface area contributed by atoms with Crippen LogP contribution in [-0.2, 0) is 14.4 Å². The molecule has 0 unspecified atom stereocenters. The summed E-state index contributed by atoms with van der Waals surface area (Å²) in [4.78, 5) is 48.2. The quantitative estimate of drug-likeness (QED) is 0.672. The Morgan fingerprint density at radius 1 is 1.20 bits per heavy atom. The van der Waals surface area contributed by atoms with Gasteiger partial charge in [-0.15, -0.1) is 0 Å². The van der Waals surface area contributed by atoms with Crippen molar-refractivity contribution in [3.05, 3.63) is 0 Å². The van der Waals surface area contributed by atoms with E-state index >= 15 is 0 Å². The minimum Gasteiger partial charge on any atom is -0.480 e. The van der Waals surface area contributed by atoms with Gasteiger partial charge in [0.1, 0.15) is 19.6 Å². The van der Waals surface area contributed by atoms with E-state index in [1.165, 1.54) is 4.90 Å². The molecule has 0 bridgehead atoms. The summed E-state index contributed by atoms with van der Waals surface area (Å²) in [5.41, 5.74) is 0. The molecule has 8 heteroatoms. The van der Waals surface area contributed by atoms with Crippen LogP contribution >= 0.6 is 0 Å². The molecule has 2 aliphatic rings. The average Bonchev–Trinajstić information content (AvgIpc) is 2.87.